The van der Waals surface area contributed by atoms with Crippen LogP contribution >= 0.6 is 11.3 Å². The average Bonchev–Trinajstić information content (AvgIpc) is 2.93. The van der Waals surface area contributed by atoms with Crippen LogP contribution in [0.5, 0.6) is 0 Å². The van der Waals surface area contributed by atoms with Crippen LogP contribution in [-0.4, -0.2) is 33.9 Å². The minimum absolute atomic E-state index is 0.171. The lowest BCUT2D eigenvalue weighted by Crippen LogP contribution is -2.39. The van der Waals surface area contributed by atoms with Gasteiger partial charge in [-0.05, 0) is 26.7 Å². The minimum atomic E-state index is -0.209. The van der Waals surface area contributed by atoms with E-state index in [1.165, 1.54) is 17.1 Å². The number of carbonyl (C=O) groups is 1. The van der Waals surface area contributed by atoms with Gasteiger partial charge in [-0.15, -0.1) is 11.3 Å². The predicted molar refractivity (Wildman–Crippen MR) is 86.5 cm³/mol. The zero-order valence-electron chi connectivity index (χ0n) is 12.8. The molecule has 2 aromatic heterocycles. The number of thiazole rings is 1. The van der Waals surface area contributed by atoms with E-state index in [4.69, 9.17) is 0 Å². The monoisotopic (exact) mass is 317 g/mol. The summed E-state index contributed by atoms with van der Waals surface area (Å²) in [6.07, 6.45) is 5.24. The lowest BCUT2D eigenvalue weighted by atomic mass is 9.97. The highest BCUT2D eigenvalue weighted by Gasteiger charge is 2.27. The molecular weight excluding hydrogens is 298 g/mol. The van der Waals surface area contributed by atoms with E-state index in [0.717, 1.165) is 23.5 Å². The highest BCUT2D eigenvalue weighted by atomic mass is 32.1. The summed E-state index contributed by atoms with van der Waals surface area (Å²) < 4.78 is 0. The van der Waals surface area contributed by atoms with Crippen molar-refractivity contribution < 1.29 is 4.79 Å². The van der Waals surface area contributed by atoms with Crippen LogP contribution in [0.3, 0.4) is 0 Å². The molecule has 1 fully saturated rings. The summed E-state index contributed by atoms with van der Waals surface area (Å²) in [5.74, 6) is 0.258. The van der Waals surface area contributed by atoms with E-state index in [2.05, 4.69) is 16.9 Å². The van der Waals surface area contributed by atoms with Crippen LogP contribution in [0.1, 0.15) is 44.7 Å². The van der Waals surface area contributed by atoms with Gasteiger partial charge >= 0.3 is 0 Å². The van der Waals surface area contributed by atoms with E-state index in [0.29, 0.717) is 19.0 Å². The van der Waals surface area contributed by atoms with Crippen molar-refractivity contribution in [1.82, 2.24) is 14.9 Å². The quantitative estimate of drug-likeness (QED) is 0.925. The number of hydrogen-bond donors (Lipinski definition) is 1. The van der Waals surface area contributed by atoms with Crippen molar-refractivity contribution in [2.75, 3.05) is 13.1 Å². The Morgan fingerprint density at radius 3 is 2.68 bits per heavy atom. The Morgan fingerprint density at radius 2 is 2.09 bits per heavy atom. The molecule has 1 amide bonds. The van der Waals surface area contributed by atoms with Gasteiger partial charge in [0.1, 0.15) is 5.56 Å². The second-order valence-corrected chi connectivity index (χ2v) is 7.04. The van der Waals surface area contributed by atoms with E-state index >= 15 is 0 Å². The zero-order valence-corrected chi connectivity index (χ0v) is 13.6. The standard InChI is InChI=1S/C16H19N3O2S/c1-10-7-14(20)13(9-17-10)16(21)19-5-3-12(4-6-19)15-18-8-11(2)22-15/h7-9,12H,3-6H2,1-2H3,(H,17,20). The van der Waals surface area contributed by atoms with E-state index in [9.17, 15) is 9.59 Å². The number of hydrogen-bond acceptors (Lipinski definition) is 4. The second kappa shape index (κ2) is 6.04. The summed E-state index contributed by atoms with van der Waals surface area (Å²) in [5.41, 5.74) is 0.785. The second-order valence-electron chi connectivity index (χ2n) is 5.77. The summed E-state index contributed by atoms with van der Waals surface area (Å²) in [6, 6.07) is 1.47. The summed E-state index contributed by atoms with van der Waals surface area (Å²) in [4.78, 5) is 34.8. The molecule has 0 saturated carbocycles. The number of H-pyrrole nitrogens is 1. The molecule has 5 nitrogen and oxygen atoms in total. The Kier molecular flexibility index (Phi) is 4.11. The molecule has 1 aliphatic rings. The number of pyridine rings is 1. The van der Waals surface area contributed by atoms with Crippen LogP contribution in [0, 0.1) is 13.8 Å². The average molecular weight is 317 g/mol. The van der Waals surface area contributed by atoms with E-state index < -0.39 is 0 Å². The molecule has 0 aliphatic carbocycles. The number of amides is 1. The smallest absolute Gasteiger partial charge is 0.259 e. The van der Waals surface area contributed by atoms with Gasteiger partial charge in [-0.2, -0.15) is 0 Å². The molecule has 0 atom stereocenters. The summed E-state index contributed by atoms with van der Waals surface area (Å²) in [5, 5.41) is 1.16. The first-order chi connectivity index (χ1) is 10.5. The van der Waals surface area contributed by atoms with Gasteiger partial charge in [0.15, 0.2) is 5.43 Å². The van der Waals surface area contributed by atoms with E-state index in [1.54, 1.807) is 23.2 Å². The van der Waals surface area contributed by atoms with Crippen molar-refractivity contribution in [2.24, 2.45) is 0 Å². The number of rotatable bonds is 2. The van der Waals surface area contributed by atoms with Crippen LogP contribution in [0.2, 0.25) is 0 Å². The van der Waals surface area contributed by atoms with Crippen LogP contribution in [0.15, 0.2) is 23.3 Å². The van der Waals surface area contributed by atoms with E-state index in [1.807, 2.05) is 6.20 Å². The van der Waals surface area contributed by atoms with Gasteiger partial charge in [-0.3, -0.25) is 9.59 Å². The van der Waals surface area contributed by atoms with Crippen molar-refractivity contribution in [2.45, 2.75) is 32.6 Å². The third-order valence-electron chi connectivity index (χ3n) is 4.06. The fourth-order valence-electron chi connectivity index (χ4n) is 2.80. The fraction of sp³-hybridized carbons (Fsp3) is 0.438. The predicted octanol–water partition coefficient (Wildman–Crippen LogP) is 2.47. The van der Waals surface area contributed by atoms with Crippen LogP contribution < -0.4 is 5.43 Å². The Morgan fingerprint density at radius 1 is 1.36 bits per heavy atom. The van der Waals surface area contributed by atoms with Crippen molar-refractivity contribution >= 4 is 17.2 Å². The maximum atomic E-state index is 12.5. The van der Waals surface area contributed by atoms with E-state index in [-0.39, 0.29) is 16.9 Å². The molecule has 0 radical (unpaired) electrons. The van der Waals surface area contributed by atoms with Gasteiger partial charge in [-0.25, -0.2) is 4.98 Å². The number of aromatic nitrogens is 2. The number of aryl methyl sites for hydroxylation is 2. The molecule has 1 N–H and O–H groups in total. The maximum Gasteiger partial charge on any atom is 0.259 e. The van der Waals surface area contributed by atoms with Crippen LogP contribution in [0.25, 0.3) is 0 Å². The molecule has 0 aromatic carbocycles. The third-order valence-corrected chi connectivity index (χ3v) is 5.13. The number of carbonyl (C=O) groups excluding carboxylic acids is 1. The molecule has 0 bridgehead atoms. The summed E-state index contributed by atoms with van der Waals surface area (Å²) >= 11 is 1.73. The first-order valence-electron chi connectivity index (χ1n) is 7.45. The molecule has 22 heavy (non-hydrogen) atoms. The first-order valence-corrected chi connectivity index (χ1v) is 8.27. The Balaban J connectivity index is 1.68. The lowest BCUT2D eigenvalue weighted by molar-refractivity contribution is 0.0711. The maximum absolute atomic E-state index is 12.5. The molecule has 0 unspecified atom stereocenters. The SMILES string of the molecule is Cc1cc(=O)c(C(=O)N2CCC(c3ncc(C)s3)CC2)c[nH]1. The molecule has 3 rings (SSSR count). The van der Waals surface area contributed by atoms with Crippen LogP contribution in [0.4, 0.5) is 0 Å². The van der Waals surface area contributed by atoms with Gasteiger partial charge in [0, 0.05) is 48.0 Å². The fourth-order valence-corrected chi connectivity index (χ4v) is 3.74. The molecular formula is C16H19N3O2S. The Bertz CT molecular complexity index is 742. The molecule has 2 aromatic rings. The first kappa shape index (κ1) is 15.0. The van der Waals surface area contributed by atoms with Gasteiger partial charge < -0.3 is 9.88 Å². The molecule has 0 spiro atoms. The Hall–Kier alpha value is -1.95. The molecule has 1 saturated heterocycles. The third kappa shape index (κ3) is 2.97. The zero-order chi connectivity index (χ0) is 15.7. The topological polar surface area (TPSA) is 66.1 Å². The molecule has 1 aliphatic heterocycles. The van der Waals surface area contributed by atoms with Gasteiger partial charge in [0.2, 0.25) is 0 Å². The highest BCUT2D eigenvalue weighted by Crippen LogP contribution is 2.31. The molecule has 3 heterocycles. The normalized spacial score (nSPS) is 16.0. The lowest BCUT2D eigenvalue weighted by Gasteiger charge is -2.31. The number of nitrogens with one attached hydrogen (secondary N) is 1. The number of likely N-dealkylation sites (tertiary alicyclic amines) is 1. The summed E-state index contributed by atoms with van der Waals surface area (Å²) in [7, 11) is 0. The highest BCUT2D eigenvalue weighted by molar-refractivity contribution is 7.11. The van der Waals surface area contributed by atoms with Crippen molar-refractivity contribution in [1.29, 1.82) is 0 Å². The van der Waals surface area contributed by atoms with Gasteiger partial charge in [0.05, 0.1) is 5.01 Å². The number of aromatic amines is 1. The van der Waals surface area contributed by atoms with Crippen molar-refractivity contribution in [3.8, 4) is 0 Å². The largest absolute Gasteiger partial charge is 0.364 e. The molecule has 6 heteroatoms. The number of piperidine rings is 1. The molecule has 116 valence electrons. The van der Waals surface area contributed by atoms with Gasteiger partial charge in [0.25, 0.3) is 5.91 Å². The van der Waals surface area contributed by atoms with Crippen molar-refractivity contribution in [3.05, 3.63) is 49.8 Å². The van der Waals surface area contributed by atoms with Gasteiger partial charge in [-0.1, -0.05) is 0 Å². The Labute approximate surface area is 133 Å². The minimum Gasteiger partial charge on any atom is -0.364 e. The summed E-state index contributed by atoms with van der Waals surface area (Å²) in [6.45, 7) is 5.21. The number of nitrogens with zero attached hydrogens (tertiary/aromatic N) is 2. The van der Waals surface area contributed by atoms with Crippen molar-refractivity contribution in [3.63, 3.8) is 0 Å². The van der Waals surface area contributed by atoms with Crippen LogP contribution in [-0.2, 0) is 0 Å².